The molecule has 1 saturated heterocycles. The Labute approximate surface area is 156 Å². The molecule has 7 nitrogen and oxygen atoms in total. The van der Waals surface area contributed by atoms with E-state index in [0.29, 0.717) is 16.4 Å². The van der Waals surface area contributed by atoms with Gasteiger partial charge in [-0.25, -0.2) is 0 Å². The molecule has 26 heavy (non-hydrogen) atoms. The molecule has 1 aliphatic rings. The Kier molecular flexibility index (Phi) is 6.43. The number of amides is 2. The molecule has 0 aromatic carbocycles. The van der Waals surface area contributed by atoms with Crippen molar-refractivity contribution in [2.45, 2.75) is 13.3 Å². The Morgan fingerprint density at radius 1 is 1.27 bits per heavy atom. The van der Waals surface area contributed by atoms with Crippen LogP contribution in [0.15, 0.2) is 28.9 Å². The molecular formula is C18H23N3O4S. The van der Waals surface area contributed by atoms with Crippen molar-refractivity contribution in [2.24, 2.45) is 0 Å². The van der Waals surface area contributed by atoms with Crippen LogP contribution in [0, 0.1) is 6.92 Å². The van der Waals surface area contributed by atoms with Crippen molar-refractivity contribution in [3.05, 3.63) is 40.7 Å². The number of nitrogens with one attached hydrogen (secondary N) is 2. The van der Waals surface area contributed by atoms with E-state index in [4.69, 9.17) is 9.15 Å². The molecule has 2 amide bonds. The summed E-state index contributed by atoms with van der Waals surface area (Å²) in [5.74, 6) is -0.188. The van der Waals surface area contributed by atoms with Crippen molar-refractivity contribution < 1.29 is 18.7 Å². The van der Waals surface area contributed by atoms with Crippen LogP contribution in [-0.2, 0) is 4.74 Å². The van der Waals surface area contributed by atoms with Gasteiger partial charge in [-0.1, -0.05) is 0 Å². The zero-order chi connectivity index (χ0) is 18.4. The SMILES string of the molecule is Cc1cc(NC(=O)c2ccco2)sc1C(=O)NCCCN1CCOCC1. The van der Waals surface area contributed by atoms with Gasteiger partial charge in [0.05, 0.1) is 29.4 Å². The van der Waals surface area contributed by atoms with Crippen molar-refractivity contribution in [1.82, 2.24) is 10.2 Å². The van der Waals surface area contributed by atoms with E-state index >= 15 is 0 Å². The minimum absolute atomic E-state index is 0.104. The highest BCUT2D eigenvalue weighted by molar-refractivity contribution is 7.18. The standard InChI is InChI=1S/C18H23N3O4S/c1-13-12-15(20-17(22)14-4-2-9-25-14)26-16(13)18(23)19-5-3-6-21-7-10-24-11-8-21/h2,4,9,12H,3,5-8,10-11H2,1H3,(H,19,23)(H,20,22). The molecule has 0 radical (unpaired) electrons. The zero-order valence-electron chi connectivity index (χ0n) is 14.7. The zero-order valence-corrected chi connectivity index (χ0v) is 15.6. The van der Waals surface area contributed by atoms with E-state index in [1.807, 2.05) is 6.92 Å². The number of rotatable bonds is 7. The lowest BCUT2D eigenvalue weighted by atomic mass is 10.2. The van der Waals surface area contributed by atoms with Crippen molar-refractivity contribution in [1.29, 1.82) is 0 Å². The lowest BCUT2D eigenvalue weighted by Gasteiger charge is -2.26. The molecule has 0 spiro atoms. The first-order valence-electron chi connectivity index (χ1n) is 8.67. The monoisotopic (exact) mass is 377 g/mol. The van der Waals surface area contributed by atoms with Crippen LogP contribution >= 0.6 is 11.3 Å². The van der Waals surface area contributed by atoms with Crippen molar-refractivity contribution >= 4 is 28.2 Å². The van der Waals surface area contributed by atoms with Crippen LogP contribution in [0.4, 0.5) is 5.00 Å². The summed E-state index contributed by atoms with van der Waals surface area (Å²) in [5.41, 5.74) is 0.843. The second kappa shape index (κ2) is 8.98. The molecule has 2 aromatic rings. The van der Waals surface area contributed by atoms with E-state index in [0.717, 1.165) is 44.8 Å². The van der Waals surface area contributed by atoms with Gasteiger partial charge in [0, 0.05) is 19.6 Å². The van der Waals surface area contributed by atoms with E-state index < -0.39 is 0 Å². The van der Waals surface area contributed by atoms with Gasteiger partial charge in [0.2, 0.25) is 0 Å². The first-order chi connectivity index (χ1) is 12.6. The quantitative estimate of drug-likeness (QED) is 0.724. The number of anilines is 1. The van der Waals surface area contributed by atoms with Crippen LogP contribution < -0.4 is 10.6 Å². The number of morpholine rings is 1. The number of hydrogen-bond acceptors (Lipinski definition) is 6. The minimum atomic E-state index is -0.325. The first kappa shape index (κ1) is 18.6. The summed E-state index contributed by atoms with van der Waals surface area (Å²) in [6.07, 6.45) is 2.35. The van der Waals surface area contributed by atoms with E-state index in [1.54, 1.807) is 18.2 Å². The van der Waals surface area contributed by atoms with Crippen LogP contribution in [0.3, 0.4) is 0 Å². The molecular weight excluding hydrogens is 354 g/mol. The van der Waals surface area contributed by atoms with Gasteiger partial charge < -0.3 is 19.8 Å². The van der Waals surface area contributed by atoms with Gasteiger partial charge in [-0.2, -0.15) is 0 Å². The molecule has 1 aliphatic heterocycles. The number of furan rings is 1. The molecule has 1 fully saturated rings. The molecule has 0 bridgehead atoms. The third kappa shape index (κ3) is 4.94. The molecule has 0 atom stereocenters. The average Bonchev–Trinajstić information content (AvgIpc) is 3.29. The summed E-state index contributed by atoms with van der Waals surface area (Å²) in [4.78, 5) is 27.4. The van der Waals surface area contributed by atoms with Crippen LogP contribution in [0.25, 0.3) is 0 Å². The van der Waals surface area contributed by atoms with Crippen LogP contribution in [0.1, 0.15) is 32.2 Å². The highest BCUT2D eigenvalue weighted by atomic mass is 32.1. The molecule has 0 unspecified atom stereocenters. The van der Waals surface area contributed by atoms with Gasteiger partial charge in [-0.3, -0.25) is 14.5 Å². The van der Waals surface area contributed by atoms with Crippen LogP contribution in [0.5, 0.6) is 0 Å². The third-order valence-electron chi connectivity index (χ3n) is 4.15. The van der Waals surface area contributed by atoms with Gasteiger partial charge in [0.15, 0.2) is 5.76 Å². The largest absolute Gasteiger partial charge is 0.459 e. The number of nitrogens with zero attached hydrogens (tertiary/aromatic N) is 1. The summed E-state index contributed by atoms with van der Waals surface area (Å²) in [6.45, 7) is 6.93. The second-order valence-corrected chi connectivity index (χ2v) is 7.17. The summed E-state index contributed by atoms with van der Waals surface area (Å²) in [5, 5.41) is 6.34. The highest BCUT2D eigenvalue weighted by Crippen LogP contribution is 2.27. The van der Waals surface area contributed by atoms with Crippen LogP contribution in [-0.4, -0.2) is 56.1 Å². The predicted octanol–water partition coefficient (Wildman–Crippen LogP) is 2.35. The Hall–Kier alpha value is -2.16. The minimum Gasteiger partial charge on any atom is -0.459 e. The lowest BCUT2D eigenvalue weighted by molar-refractivity contribution is 0.0374. The molecule has 0 aliphatic carbocycles. The van der Waals surface area contributed by atoms with Gasteiger partial charge in [0.1, 0.15) is 0 Å². The molecule has 2 aromatic heterocycles. The molecule has 2 N–H and O–H groups in total. The summed E-state index contributed by atoms with van der Waals surface area (Å²) in [7, 11) is 0. The topological polar surface area (TPSA) is 83.8 Å². The van der Waals surface area contributed by atoms with Crippen molar-refractivity contribution in [3.8, 4) is 0 Å². The van der Waals surface area contributed by atoms with Crippen molar-refractivity contribution in [2.75, 3.05) is 44.7 Å². The maximum absolute atomic E-state index is 12.4. The number of carbonyl (C=O) groups excluding carboxylic acids is 2. The summed E-state index contributed by atoms with van der Waals surface area (Å²) < 4.78 is 10.4. The summed E-state index contributed by atoms with van der Waals surface area (Å²) >= 11 is 1.27. The fraction of sp³-hybridized carbons (Fsp3) is 0.444. The fourth-order valence-corrected chi connectivity index (χ4v) is 3.74. The highest BCUT2D eigenvalue weighted by Gasteiger charge is 2.16. The number of carbonyl (C=O) groups is 2. The molecule has 140 valence electrons. The van der Waals surface area contributed by atoms with Gasteiger partial charge >= 0.3 is 0 Å². The fourth-order valence-electron chi connectivity index (χ4n) is 2.76. The Balaban J connectivity index is 1.46. The number of thiophene rings is 1. The average molecular weight is 377 g/mol. The Bertz CT molecular complexity index is 736. The summed E-state index contributed by atoms with van der Waals surface area (Å²) in [6, 6.07) is 5.05. The third-order valence-corrected chi connectivity index (χ3v) is 5.30. The van der Waals surface area contributed by atoms with E-state index in [-0.39, 0.29) is 17.6 Å². The van der Waals surface area contributed by atoms with Crippen LogP contribution in [0.2, 0.25) is 0 Å². The first-order valence-corrected chi connectivity index (χ1v) is 9.49. The van der Waals surface area contributed by atoms with E-state index in [2.05, 4.69) is 15.5 Å². The maximum atomic E-state index is 12.4. The van der Waals surface area contributed by atoms with Gasteiger partial charge in [0.25, 0.3) is 11.8 Å². The molecule has 8 heteroatoms. The Morgan fingerprint density at radius 3 is 2.81 bits per heavy atom. The normalized spacial score (nSPS) is 15.0. The lowest BCUT2D eigenvalue weighted by Crippen LogP contribution is -2.38. The number of aryl methyl sites for hydroxylation is 1. The van der Waals surface area contributed by atoms with E-state index in [9.17, 15) is 9.59 Å². The number of ether oxygens (including phenoxy) is 1. The van der Waals surface area contributed by atoms with E-state index in [1.165, 1.54) is 17.6 Å². The maximum Gasteiger partial charge on any atom is 0.291 e. The molecule has 3 rings (SSSR count). The predicted molar refractivity (Wildman–Crippen MR) is 99.9 cm³/mol. The second-order valence-electron chi connectivity index (χ2n) is 6.12. The smallest absolute Gasteiger partial charge is 0.291 e. The molecule has 0 saturated carbocycles. The van der Waals surface area contributed by atoms with Crippen molar-refractivity contribution in [3.63, 3.8) is 0 Å². The van der Waals surface area contributed by atoms with Gasteiger partial charge in [-0.15, -0.1) is 11.3 Å². The van der Waals surface area contributed by atoms with Gasteiger partial charge in [-0.05, 0) is 43.7 Å². The Morgan fingerprint density at radius 2 is 2.08 bits per heavy atom. The number of hydrogen-bond donors (Lipinski definition) is 2. The molecule has 3 heterocycles.